The molecule has 82 valence electrons. The van der Waals surface area contributed by atoms with Gasteiger partial charge in [-0.25, -0.2) is 0 Å². The fourth-order valence-corrected chi connectivity index (χ4v) is 1.12. The number of amides is 1. The first-order valence-electron chi connectivity index (χ1n) is 5.04. The van der Waals surface area contributed by atoms with Crippen molar-refractivity contribution >= 4 is 5.91 Å². The summed E-state index contributed by atoms with van der Waals surface area (Å²) in [6.45, 7) is 2.64. The van der Waals surface area contributed by atoms with Crippen LogP contribution in [0, 0.1) is 6.92 Å². The molecule has 1 aromatic rings. The van der Waals surface area contributed by atoms with Crippen molar-refractivity contribution in [1.82, 2.24) is 5.32 Å². The van der Waals surface area contributed by atoms with E-state index < -0.39 is 0 Å². The van der Waals surface area contributed by atoms with Crippen LogP contribution in [-0.4, -0.2) is 38.2 Å². The molecule has 0 bridgehead atoms. The molecule has 0 spiro atoms. The van der Waals surface area contributed by atoms with Gasteiger partial charge in [-0.2, -0.15) is 0 Å². The van der Waals surface area contributed by atoms with Crippen molar-refractivity contribution in [3.8, 4) is 0 Å². The lowest BCUT2D eigenvalue weighted by atomic mass is 10.1. The van der Waals surface area contributed by atoms with Crippen LogP contribution in [0.4, 0.5) is 0 Å². The normalized spacial score (nSPS) is 11.2. The molecule has 0 heterocycles. The molecule has 0 atom stereocenters. The topological polar surface area (TPSA) is 29.1 Å². The van der Waals surface area contributed by atoms with Gasteiger partial charge in [0.1, 0.15) is 0 Å². The quantitative estimate of drug-likeness (QED) is 0.589. The van der Waals surface area contributed by atoms with E-state index in [0.29, 0.717) is 12.2 Å². The van der Waals surface area contributed by atoms with Crippen LogP contribution in [-0.2, 0) is 0 Å². The van der Waals surface area contributed by atoms with Crippen LogP contribution in [0.25, 0.3) is 0 Å². The van der Waals surface area contributed by atoms with Gasteiger partial charge in [-0.3, -0.25) is 4.79 Å². The average molecular weight is 207 g/mol. The number of quaternary nitrogens is 1. The van der Waals surface area contributed by atoms with E-state index in [9.17, 15) is 4.79 Å². The van der Waals surface area contributed by atoms with Crippen molar-refractivity contribution in [2.45, 2.75) is 6.92 Å². The van der Waals surface area contributed by atoms with Gasteiger partial charge in [-0.05, 0) is 19.1 Å². The van der Waals surface area contributed by atoms with E-state index in [1.807, 2.05) is 52.3 Å². The van der Waals surface area contributed by atoms with E-state index >= 15 is 0 Å². The zero-order valence-corrected chi connectivity index (χ0v) is 9.87. The third kappa shape index (κ3) is 4.13. The first-order chi connectivity index (χ1) is 6.88. The van der Waals surface area contributed by atoms with Crippen molar-refractivity contribution < 1.29 is 9.28 Å². The second-order valence-corrected chi connectivity index (χ2v) is 4.82. The molecule has 0 aliphatic rings. The Balaban J connectivity index is 2.58. The maximum atomic E-state index is 11.7. The molecule has 0 aliphatic heterocycles. The lowest BCUT2D eigenvalue weighted by Crippen LogP contribution is -2.45. The smallest absolute Gasteiger partial charge is 0.255 e. The van der Waals surface area contributed by atoms with Gasteiger partial charge in [0.2, 0.25) is 0 Å². The third-order valence-corrected chi connectivity index (χ3v) is 2.03. The average Bonchev–Trinajstić information content (AvgIpc) is 2.14. The fourth-order valence-electron chi connectivity index (χ4n) is 1.12. The Morgan fingerprint density at radius 3 is 2.20 bits per heavy atom. The van der Waals surface area contributed by atoms with Crippen molar-refractivity contribution in [3.05, 3.63) is 35.4 Å². The summed E-state index contributed by atoms with van der Waals surface area (Å²) in [4.78, 5) is 11.7. The summed E-state index contributed by atoms with van der Waals surface area (Å²) < 4.78 is 0.720. The minimum absolute atomic E-state index is 0.0111. The Kier molecular flexibility index (Phi) is 3.48. The SMILES string of the molecule is Cc1ccc(C(=O)NC[N+](C)(C)C)cc1. The van der Waals surface area contributed by atoms with Crippen molar-refractivity contribution in [3.63, 3.8) is 0 Å². The third-order valence-electron chi connectivity index (χ3n) is 2.03. The van der Waals surface area contributed by atoms with Gasteiger partial charge < -0.3 is 9.80 Å². The highest BCUT2D eigenvalue weighted by Crippen LogP contribution is 2.02. The Morgan fingerprint density at radius 1 is 1.20 bits per heavy atom. The number of carbonyl (C=O) groups excluding carboxylic acids is 1. The molecule has 0 saturated heterocycles. The zero-order valence-electron chi connectivity index (χ0n) is 9.87. The molecule has 0 radical (unpaired) electrons. The largest absolute Gasteiger partial charge is 0.314 e. The molecule has 0 aliphatic carbocycles. The van der Waals surface area contributed by atoms with Crippen LogP contribution < -0.4 is 5.32 Å². The summed E-state index contributed by atoms with van der Waals surface area (Å²) in [5.41, 5.74) is 1.88. The standard InChI is InChI=1S/C12H18N2O/c1-10-5-7-11(8-6-10)12(15)13-9-14(2,3)4/h5-8H,9H2,1-4H3/p+1. The van der Waals surface area contributed by atoms with Gasteiger partial charge in [0.15, 0.2) is 6.67 Å². The molecule has 0 unspecified atom stereocenters. The molecule has 1 N–H and O–H groups in total. The molecule has 15 heavy (non-hydrogen) atoms. The van der Waals surface area contributed by atoms with Crippen LogP contribution >= 0.6 is 0 Å². The molecule has 1 aromatic carbocycles. The van der Waals surface area contributed by atoms with E-state index in [2.05, 4.69) is 5.32 Å². The number of nitrogens with one attached hydrogen (secondary N) is 1. The number of carbonyl (C=O) groups is 1. The summed E-state index contributed by atoms with van der Waals surface area (Å²) in [6, 6.07) is 7.59. The molecule has 1 rings (SSSR count). The number of hydrogen-bond acceptors (Lipinski definition) is 1. The lowest BCUT2D eigenvalue weighted by Gasteiger charge is -2.23. The molecule has 0 aromatic heterocycles. The van der Waals surface area contributed by atoms with E-state index in [-0.39, 0.29) is 5.91 Å². The molecule has 3 nitrogen and oxygen atoms in total. The predicted molar refractivity (Wildman–Crippen MR) is 61.5 cm³/mol. The van der Waals surface area contributed by atoms with Gasteiger partial charge in [0, 0.05) is 5.56 Å². The number of benzene rings is 1. The monoisotopic (exact) mass is 207 g/mol. The number of hydrogen-bond donors (Lipinski definition) is 1. The van der Waals surface area contributed by atoms with Gasteiger partial charge in [-0.15, -0.1) is 0 Å². The van der Waals surface area contributed by atoms with Crippen molar-refractivity contribution in [2.24, 2.45) is 0 Å². The molecular weight excluding hydrogens is 188 g/mol. The van der Waals surface area contributed by atoms with Crippen molar-refractivity contribution in [2.75, 3.05) is 27.8 Å². The Labute approximate surface area is 91.3 Å². The molecule has 0 fully saturated rings. The van der Waals surface area contributed by atoms with Crippen LogP contribution in [0.3, 0.4) is 0 Å². The minimum Gasteiger partial charge on any atom is -0.314 e. The Bertz CT molecular complexity index is 336. The Morgan fingerprint density at radius 2 is 1.73 bits per heavy atom. The number of aryl methyl sites for hydroxylation is 1. The highest BCUT2D eigenvalue weighted by molar-refractivity contribution is 5.94. The highest BCUT2D eigenvalue weighted by atomic mass is 16.1. The number of rotatable bonds is 3. The maximum Gasteiger partial charge on any atom is 0.255 e. The summed E-state index contributed by atoms with van der Waals surface area (Å²) in [5, 5.41) is 2.89. The van der Waals surface area contributed by atoms with E-state index in [1.54, 1.807) is 0 Å². The molecule has 1 amide bonds. The molecule has 0 saturated carbocycles. The summed E-state index contributed by atoms with van der Waals surface area (Å²) in [7, 11) is 6.11. The van der Waals surface area contributed by atoms with E-state index in [4.69, 9.17) is 0 Å². The first kappa shape index (κ1) is 11.7. The van der Waals surface area contributed by atoms with Crippen molar-refractivity contribution in [1.29, 1.82) is 0 Å². The highest BCUT2D eigenvalue weighted by Gasteiger charge is 2.10. The summed E-state index contributed by atoms with van der Waals surface area (Å²) in [6.07, 6.45) is 0. The zero-order chi connectivity index (χ0) is 11.5. The van der Waals surface area contributed by atoms with Gasteiger partial charge >= 0.3 is 0 Å². The van der Waals surface area contributed by atoms with Gasteiger partial charge in [0.25, 0.3) is 5.91 Å². The van der Waals surface area contributed by atoms with Crippen LogP contribution in [0.5, 0.6) is 0 Å². The van der Waals surface area contributed by atoms with Gasteiger partial charge in [0.05, 0.1) is 21.1 Å². The predicted octanol–water partition coefficient (Wildman–Crippen LogP) is 1.39. The van der Waals surface area contributed by atoms with E-state index in [0.717, 1.165) is 10.0 Å². The second-order valence-electron chi connectivity index (χ2n) is 4.82. The maximum absolute atomic E-state index is 11.7. The van der Waals surface area contributed by atoms with Crippen LogP contribution in [0.1, 0.15) is 15.9 Å². The summed E-state index contributed by atoms with van der Waals surface area (Å²) >= 11 is 0. The minimum atomic E-state index is -0.0111. The first-order valence-corrected chi connectivity index (χ1v) is 5.04. The van der Waals surface area contributed by atoms with Gasteiger partial charge in [-0.1, -0.05) is 17.7 Å². The number of nitrogens with zero attached hydrogens (tertiary/aromatic N) is 1. The van der Waals surface area contributed by atoms with Crippen LogP contribution in [0.2, 0.25) is 0 Å². The second kappa shape index (κ2) is 4.45. The lowest BCUT2D eigenvalue weighted by molar-refractivity contribution is -0.872. The molecule has 3 heteroatoms. The fraction of sp³-hybridized carbons (Fsp3) is 0.417. The van der Waals surface area contributed by atoms with E-state index in [1.165, 1.54) is 0 Å². The summed E-state index contributed by atoms with van der Waals surface area (Å²) in [5.74, 6) is -0.0111. The molecular formula is C12H19N2O+. The Hall–Kier alpha value is -1.35. The van der Waals surface area contributed by atoms with Crippen LogP contribution in [0.15, 0.2) is 24.3 Å².